The van der Waals surface area contributed by atoms with Crippen molar-refractivity contribution in [1.29, 1.82) is 0 Å². The molecule has 5 nitrogen and oxygen atoms in total. The van der Waals surface area contributed by atoms with Crippen LogP contribution in [0.25, 0.3) is 17.0 Å². The van der Waals surface area contributed by atoms with E-state index in [0.29, 0.717) is 0 Å². The standard InChI is InChI=1S/C16H18N2O3/c1-4-21-16(20)15(18-11(3)19)8-12-9-17-14-7-10(2)5-6-13(12)14/h5-9,17H,4H2,1-3H3,(H,18,19). The number of nitrogens with one attached hydrogen (secondary N) is 2. The SMILES string of the molecule is CCOC(=O)C(=Cc1c[nH]c2cc(C)ccc12)NC(C)=O. The van der Waals surface area contributed by atoms with E-state index < -0.39 is 5.97 Å². The van der Waals surface area contributed by atoms with Gasteiger partial charge in [0.1, 0.15) is 5.70 Å². The first-order valence-electron chi connectivity index (χ1n) is 6.75. The van der Waals surface area contributed by atoms with Crippen LogP contribution in [0.5, 0.6) is 0 Å². The Labute approximate surface area is 123 Å². The summed E-state index contributed by atoms with van der Waals surface area (Å²) in [4.78, 5) is 26.3. The predicted octanol–water partition coefficient (Wildman–Crippen LogP) is 2.52. The van der Waals surface area contributed by atoms with E-state index in [4.69, 9.17) is 4.74 Å². The van der Waals surface area contributed by atoms with Gasteiger partial charge in [-0.2, -0.15) is 0 Å². The first-order chi connectivity index (χ1) is 10.0. The van der Waals surface area contributed by atoms with Gasteiger partial charge in [0, 0.05) is 29.6 Å². The number of carbonyl (C=O) groups is 2. The van der Waals surface area contributed by atoms with Gasteiger partial charge in [-0.15, -0.1) is 0 Å². The van der Waals surface area contributed by atoms with E-state index in [-0.39, 0.29) is 18.2 Å². The van der Waals surface area contributed by atoms with Crippen LogP contribution in [0.4, 0.5) is 0 Å². The molecule has 2 aromatic rings. The van der Waals surface area contributed by atoms with E-state index in [0.717, 1.165) is 22.0 Å². The number of benzene rings is 1. The van der Waals surface area contributed by atoms with Crippen LogP contribution in [0.3, 0.4) is 0 Å². The molecule has 0 spiro atoms. The van der Waals surface area contributed by atoms with Crippen LogP contribution in [-0.4, -0.2) is 23.5 Å². The van der Waals surface area contributed by atoms with Crippen molar-refractivity contribution >= 4 is 28.9 Å². The molecule has 0 fully saturated rings. The molecule has 21 heavy (non-hydrogen) atoms. The first-order valence-corrected chi connectivity index (χ1v) is 6.75. The summed E-state index contributed by atoms with van der Waals surface area (Å²) in [6.07, 6.45) is 3.42. The third-order valence-corrected chi connectivity index (χ3v) is 2.98. The highest BCUT2D eigenvalue weighted by atomic mass is 16.5. The average molecular weight is 286 g/mol. The Hall–Kier alpha value is -2.56. The molecule has 1 aromatic carbocycles. The van der Waals surface area contributed by atoms with Crippen LogP contribution in [-0.2, 0) is 14.3 Å². The summed E-state index contributed by atoms with van der Waals surface area (Å²) in [5.74, 6) is -0.862. The van der Waals surface area contributed by atoms with E-state index in [1.54, 1.807) is 19.2 Å². The number of hydrogen-bond acceptors (Lipinski definition) is 3. The van der Waals surface area contributed by atoms with Gasteiger partial charge in [-0.25, -0.2) is 4.79 Å². The zero-order valence-corrected chi connectivity index (χ0v) is 12.3. The summed E-state index contributed by atoms with van der Waals surface area (Å²) >= 11 is 0. The van der Waals surface area contributed by atoms with Gasteiger partial charge in [-0.1, -0.05) is 12.1 Å². The molecule has 0 aliphatic carbocycles. The zero-order valence-electron chi connectivity index (χ0n) is 12.3. The number of amides is 1. The maximum Gasteiger partial charge on any atom is 0.354 e. The molecule has 2 rings (SSSR count). The zero-order chi connectivity index (χ0) is 15.4. The van der Waals surface area contributed by atoms with Gasteiger partial charge in [0.25, 0.3) is 0 Å². The average Bonchev–Trinajstić information content (AvgIpc) is 2.80. The maximum absolute atomic E-state index is 11.9. The van der Waals surface area contributed by atoms with Crippen LogP contribution in [0.1, 0.15) is 25.0 Å². The van der Waals surface area contributed by atoms with Crippen molar-refractivity contribution in [2.45, 2.75) is 20.8 Å². The number of aryl methyl sites for hydroxylation is 1. The molecule has 0 saturated carbocycles. The minimum atomic E-state index is -0.547. The highest BCUT2D eigenvalue weighted by Gasteiger charge is 2.13. The van der Waals surface area contributed by atoms with Crippen molar-refractivity contribution in [3.8, 4) is 0 Å². The molecule has 0 atom stereocenters. The van der Waals surface area contributed by atoms with E-state index >= 15 is 0 Å². The Morgan fingerprint density at radius 1 is 1.38 bits per heavy atom. The van der Waals surface area contributed by atoms with Crippen molar-refractivity contribution in [1.82, 2.24) is 10.3 Å². The molecule has 1 aromatic heterocycles. The minimum Gasteiger partial charge on any atom is -0.461 e. The van der Waals surface area contributed by atoms with Crippen LogP contribution < -0.4 is 5.32 Å². The number of fused-ring (bicyclic) bond motifs is 1. The lowest BCUT2D eigenvalue weighted by Gasteiger charge is -2.07. The van der Waals surface area contributed by atoms with Crippen LogP contribution in [0.2, 0.25) is 0 Å². The smallest absolute Gasteiger partial charge is 0.354 e. The number of rotatable bonds is 4. The quantitative estimate of drug-likeness (QED) is 0.670. The molecule has 0 radical (unpaired) electrons. The second-order valence-corrected chi connectivity index (χ2v) is 4.75. The Kier molecular flexibility index (Phi) is 4.42. The van der Waals surface area contributed by atoms with Gasteiger partial charge in [-0.3, -0.25) is 4.79 Å². The second kappa shape index (κ2) is 6.26. The molecule has 0 aliphatic rings. The summed E-state index contributed by atoms with van der Waals surface area (Å²) in [7, 11) is 0. The highest BCUT2D eigenvalue weighted by molar-refractivity contribution is 6.00. The monoisotopic (exact) mass is 286 g/mol. The molecule has 0 bridgehead atoms. The van der Waals surface area contributed by atoms with Crippen molar-refractivity contribution in [3.63, 3.8) is 0 Å². The van der Waals surface area contributed by atoms with Crippen LogP contribution in [0.15, 0.2) is 30.1 Å². The van der Waals surface area contributed by atoms with E-state index in [1.165, 1.54) is 6.92 Å². The lowest BCUT2D eigenvalue weighted by atomic mass is 10.1. The molecule has 0 unspecified atom stereocenters. The summed E-state index contributed by atoms with van der Waals surface area (Å²) in [5, 5.41) is 3.49. The topological polar surface area (TPSA) is 71.2 Å². The van der Waals surface area contributed by atoms with Gasteiger partial charge in [0.15, 0.2) is 0 Å². The number of aromatic amines is 1. The second-order valence-electron chi connectivity index (χ2n) is 4.75. The van der Waals surface area contributed by atoms with Gasteiger partial charge >= 0.3 is 5.97 Å². The van der Waals surface area contributed by atoms with E-state index in [9.17, 15) is 9.59 Å². The van der Waals surface area contributed by atoms with Crippen LogP contribution in [0, 0.1) is 6.92 Å². The number of H-pyrrole nitrogens is 1. The van der Waals surface area contributed by atoms with Crippen molar-refractivity contribution in [2.75, 3.05) is 6.61 Å². The third-order valence-electron chi connectivity index (χ3n) is 2.98. The van der Waals surface area contributed by atoms with Gasteiger partial charge in [0.05, 0.1) is 6.61 Å². The van der Waals surface area contributed by atoms with Gasteiger partial charge in [0.2, 0.25) is 5.91 Å². The largest absolute Gasteiger partial charge is 0.461 e. The number of carbonyl (C=O) groups excluding carboxylic acids is 2. The van der Waals surface area contributed by atoms with Crippen molar-refractivity contribution in [3.05, 3.63) is 41.2 Å². The third kappa shape index (κ3) is 3.51. The fraction of sp³-hybridized carbons (Fsp3) is 0.250. The Morgan fingerprint density at radius 2 is 2.14 bits per heavy atom. The first kappa shape index (κ1) is 14.8. The summed E-state index contributed by atoms with van der Waals surface area (Å²) < 4.78 is 4.95. The fourth-order valence-corrected chi connectivity index (χ4v) is 2.08. The number of esters is 1. The van der Waals surface area contributed by atoms with Gasteiger partial charge in [-0.05, 0) is 31.6 Å². The number of ether oxygens (including phenoxy) is 1. The molecule has 0 aliphatic heterocycles. The number of aromatic nitrogens is 1. The molecule has 5 heteroatoms. The number of hydrogen-bond donors (Lipinski definition) is 2. The Bertz CT molecular complexity index is 713. The highest BCUT2D eigenvalue weighted by Crippen LogP contribution is 2.21. The van der Waals surface area contributed by atoms with Crippen molar-refractivity contribution < 1.29 is 14.3 Å². The lowest BCUT2D eigenvalue weighted by Crippen LogP contribution is -2.26. The minimum absolute atomic E-state index is 0.130. The normalized spacial score (nSPS) is 11.5. The fourth-order valence-electron chi connectivity index (χ4n) is 2.08. The van der Waals surface area contributed by atoms with Gasteiger partial charge < -0.3 is 15.0 Å². The summed E-state index contributed by atoms with van der Waals surface area (Å²) in [5.41, 5.74) is 3.08. The molecule has 1 amide bonds. The molecule has 1 heterocycles. The lowest BCUT2D eigenvalue weighted by molar-refractivity contribution is -0.139. The maximum atomic E-state index is 11.9. The van der Waals surface area contributed by atoms with Crippen molar-refractivity contribution in [2.24, 2.45) is 0 Å². The summed E-state index contributed by atoms with van der Waals surface area (Å²) in [6.45, 7) is 5.34. The van der Waals surface area contributed by atoms with Crippen LogP contribution >= 0.6 is 0 Å². The molecule has 0 saturated heterocycles. The molecule has 110 valence electrons. The molecule has 2 N–H and O–H groups in total. The molecular formula is C16H18N2O3. The predicted molar refractivity (Wildman–Crippen MR) is 81.5 cm³/mol. The molecular weight excluding hydrogens is 268 g/mol. The Balaban J connectivity index is 2.43. The van der Waals surface area contributed by atoms with E-state index in [2.05, 4.69) is 10.3 Å². The Morgan fingerprint density at radius 3 is 2.81 bits per heavy atom. The van der Waals surface area contributed by atoms with E-state index in [1.807, 2.05) is 25.1 Å². The summed E-state index contributed by atoms with van der Waals surface area (Å²) in [6, 6.07) is 5.99.